The van der Waals surface area contributed by atoms with Crippen molar-refractivity contribution in [1.29, 1.82) is 0 Å². The molecule has 3 nitrogen and oxygen atoms in total. The first-order valence-corrected chi connectivity index (χ1v) is 6.78. The van der Waals surface area contributed by atoms with Crippen molar-refractivity contribution < 1.29 is 31.0 Å². The van der Waals surface area contributed by atoms with E-state index in [0.29, 0.717) is 12.1 Å². The number of halogens is 5. The molecule has 1 aromatic rings. The van der Waals surface area contributed by atoms with Gasteiger partial charge in [-0.25, -0.2) is 13.0 Å². The predicted octanol–water partition coefficient (Wildman–Crippen LogP) is 3.79. The topological polar surface area (TPSA) is 46.2 Å². The number of carbonyl (C=O) groups is 1. The molecule has 0 spiro atoms. The van der Waals surface area contributed by atoms with E-state index in [0.717, 1.165) is 0 Å². The fourth-order valence-corrected chi connectivity index (χ4v) is 1.85. The number of ketones is 1. The van der Waals surface area contributed by atoms with Gasteiger partial charge in [0.1, 0.15) is 5.82 Å². The van der Waals surface area contributed by atoms with Crippen LogP contribution >= 0.6 is 0 Å². The number of anilines is 1. The molecule has 0 amide bonds. The van der Waals surface area contributed by atoms with Crippen LogP contribution in [-0.2, 0) is 11.0 Å². The second-order valence-electron chi connectivity index (χ2n) is 5.18. The van der Waals surface area contributed by atoms with E-state index in [1.54, 1.807) is 0 Å². The SMILES string of the molecule is CC(C)(C)C(=O)c1c(F)ccc(NS(=O)C(F)(F)F)c1F. The van der Waals surface area contributed by atoms with Crippen molar-refractivity contribution in [2.45, 2.75) is 26.3 Å². The third-order valence-electron chi connectivity index (χ3n) is 2.41. The molecule has 118 valence electrons. The van der Waals surface area contributed by atoms with Gasteiger partial charge >= 0.3 is 5.51 Å². The lowest BCUT2D eigenvalue weighted by atomic mass is 9.86. The summed E-state index contributed by atoms with van der Waals surface area (Å²) in [6, 6.07) is 1.28. The molecular weight excluding hydrogens is 317 g/mol. The Labute approximate surface area is 120 Å². The quantitative estimate of drug-likeness (QED) is 0.677. The van der Waals surface area contributed by atoms with E-state index in [1.165, 1.54) is 25.5 Å². The number of rotatable bonds is 3. The highest BCUT2D eigenvalue weighted by Crippen LogP contribution is 2.30. The molecule has 0 saturated heterocycles. The van der Waals surface area contributed by atoms with Gasteiger partial charge in [-0.15, -0.1) is 0 Å². The standard InChI is InChI=1S/C12H12F5NO2S/c1-11(2,3)10(19)8-6(13)4-5-7(9(8)14)18-21(20)12(15,16)17/h4-5,18H,1-3H3. The number of hydrogen-bond donors (Lipinski definition) is 1. The van der Waals surface area contributed by atoms with E-state index in [-0.39, 0.29) is 0 Å². The van der Waals surface area contributed by atoms with Crippen LogP contribution in [0.1, 0.15) is 31.1 Å². The second kappa shape index (κ2) is 5.70. The average Bonchev–Trinajstić information content (AvgIpc) is 2.30. The minimum absolute atomic E-state index is 0.637. The molecule has 0 heterocycles. The van der Waals surface area contributed by atoms with Crippen molar-refractivity contribution in [2.75, 3.05) is 4.72 Å². The number of benzene rings is 1. The summed E-state index contributed by atoms with van der Waals surface area (Å²) in [5.74, 6) is -3.62. The zero-order chi connectivity index (χ0) is 16.6. The highest BCUT2D eigenvalue weighted by molar-refractivity contribution is 7.87. The zero-order valence-electron chi connectivity index (χ0n) is 11.3. The molecular formula is C12H12F5NO2S. The lowest BCUT2D eigenvalue weighted by molar-refractivity contribution is -0.0379. The van der Waals surface area contributed by atoms with Gasteiger partial charge in [-0.2, -0.15) is 13.2 Å². The van der Waals surface area contributed by atoms with Crippen molar-refractivity contribution in [3.8, 4) is 0 Å². The lowest BCUT2D eigenvalue weighted by Crippen LogP contribution is -2.26. The summed E-state index contributed by atoms with van der Waals surface area (Å²) >= 11 is 0. The molecule has 1 atom stereocenters. The van der Waals surface area contributed by atoms with Crippen LogP contribution in [0.15, 0.2) is 12.1 Å². The van der Waals surface area contributed by atoms with Crippen LogP contribution < -0.4 is 4.72 Å². The predicted molar refractivity (Wildman–Crippen MR) is 68.0 cm³/mol. The summed E-state index contributed by atoms with van der Waals surface area (Å²) in [5, 5.41) is 0. The summed E-state index contributed by atoms with van der Waals surface area (Å²) in [5.41, 5.74) is -8.08. The van der Waals surface area contributed by atoms with E-state index in [2.05, 4.69) is 0 Å². The molecule has 0 saturated carbocycles. The maximum atomic E-state index is 14.0. The molecule has 1 unspecified atom stereocenters. The summed E-state index contributed by atoms with van der Waals surface area (Å²) in [7, 11) is -3.57. The Morgan fingerprint density at radius 3 is 2.10 bits per heavy atom. The van der Waals surface area contributed by atoms with Gasteiger partial charge in [0.25, 0.3) is 0 Å². The van der Waals surface area contributed by atoms with E-state index in [4.69, 9.17) is 0 Å². The highest BCUT2D eigenvalue weighted by atomic mass is 32.2. The monoisotopic (exact) mass is 329 g/mol. The summed E-state index contributed by atoms with van der Waals surface area (Å²) in [6.45, 7) is 4.21. The Balaban J connectivity index is 3.29. The zero-order valence-corrected chi connectivity index (χ0v) is 12.1. The number of carbonyl (C=O) groups excluding carboxylic acids is 1. The van der Waals surface area contributed by atoms with Gasteiger partial charge in [-0.3, -0.25) is 9.52 Å². The number of Topliss-reactive ketones (excluding diaryl/α,β-unsaturated/α-hetero) is 1. The van der Waals surface area contributed by atoms with Crippen LogP contribution in [0.25, 0.3) is 0 Å². The van der Waals surface area contributed by atoms with Gasteiger partial charge in [-0.05, 0) is 12.1 Å². The van der Waals surface area contributed by atoms with Crippen molar-refractivity contribution >= 4 is 22.5 Å². The van der Waals surface area contributed by atoms with Gasteiger partial charge in [0.2, 0.25) is 11.0 Å². The Bertz CT molecular complexity index is 593. The Kier molecular flexibility index (Phi) is 4.76. The summed E-state index contributed by atoms with van der Waals surface area (Å²) in [4.78, 5) is 11.9. The number of alkyl halides is 3. The van der Waals surface area contributed by atoms with Gasteiger partial charge in [0, 0.05) is 5.41 Å². The molecule has 1 aromatic carbocycles. The largest absolute Gasteiger partial charge is 0.490 e. The van der Waals surface area contributed by atoms with Crippen LogP contribution in [-0.4, -0.2) is 15.5 Å². The van der Waals surface area contributed by atoms with Gasteiger partial charge in [-0.1, -0.05) is 20.8 Å². The summed E-state index contributed by atoms with van der Waals surface area (Å²) < 4.78 is 76.4. The Morgan fingerprint density at radius 2 is 1.67 bits per heavy atom. The molecule has 1 N–H and O–H groups in total. The maximum absolute atomic E-state index is 14.0. The molecule has 0 radical (unpaired) electrons. The third kappa shape index (κ3) is 3.99. The lowest BCUT2D eigenvalue weighted by Gasteiger charge is -2.19. The smallest absolute Gasteiger partial charge is 0.295 e. The molecule has 0 aliphatic heterocycles. The second-order valence-corrected chi connectivity index (χ2v) is 6.38. The molecule has 9 heteroatoms. The molecule has 0 fully saturated rings. The van der Waals surface area contributed by atoms with E-state index in [9.17, 15) is 31.0 Å². The van der Waals surface area contributed by atoms with Crippen molar-refractivity contribution in [1.82, 2.24) is 0 Å². The third-order valence-corrected chi connectivity index (χ3v) is 3.24. The number of nitrogens with one attached hydrogen (secondary N) is 1. The maximum Gasteiger partial charge on any atom is 0.490 e. The molecule has 0 bridgehead atoms. The van der Waals surface area contributed by atoms with E-state index in [1.807, 2.05) is 0 Å². The first-order chi connectivity index (χ1) is 9.35. The minimum Gasteiger partial charge on any atom is -0.295 e. The fraction of sp³-hybridized carbons (Fsp3) is 0.417. The highest BCUT2D eigenvalue weighted by Gasteiger charge is 2.38. The number of hydrogen-bond acceptors (Lipinski definition) is 2. The van der Waals surface area contributed by atoms with Crippen LogP contribution in [0.4, 0.5) is 27.6 Å². The van der Waals surface area contributed by atoms with Crippen LogP contribution in [0, 0.1) is 17.0 Å². The first-order valence-electron chi connectivity index (χ1n) is 5.63. The molecule has 21 heavy (non-hydrogen) atoms. The molecule has 0 aliphatic rings. The fourth-order valence-electron chi connectivity index (χ4n) is 1.37. The van der Waals surface area contributed by atoms with Crippen LogP contribution in [0.3, 0.4) is 0 Å². The van der Waals surface area contributed by atoms with Crippen LogP contribution in [0.2, 0.25) is 0 Å². The average molecular weight is 329 g/mol. The van der Waals surface area contributed by atoms with Gasteiger partial charge in [0.15, 0.2) is 11.6 Å². The van der Waals surface area contributed by atoms with Crippen molar-refractivity contribution in [3.05, 3.63) is 29.3 Å². The van der Waals surface area contributed by atoms with Gasteiger partial charge in [0.05, 0.1) is 11.3 Å². The molecule has 1 rings (SSSR count). The van der Waals surface area contributed by atoms with Gasteiger partial charge < -0.3 is 0 Å². The molecule has 0 aliphatic carbocycles. The summed E-state index contributed by atoms with van der Waals surface area (Å²) in [6.07, 6.45) is 0. The van der Waals surface area contributed by atoms with E-state index >= 15 is 0 Å². The van der Waals surface area contributed by atoms with Crippen molar-refractivity contribution in [2.24, 2.45) is 5.41 Å². The first kappa shape index (κ1) is 17.5. The molecule has 0 aromatic heterocycles. The van der Waals surface area contributed by atoms with Crippen molar-refractivity contribution in [3.63, 3.8) is 0 Å². The van der Waals surface area contributed by atoms with E-state index < -0.39 is 50.6 Å². The normalized spacial score (nSPS) is 13.9. The van der Waals surface area contributed by atoms with Crippen LogP contribution in [0.5, 0.6) is 0 Å². The minimum atomic E-state index is -5.12. The Hall–Kier alpha value is -1.51. The Morgan fingerprint density at radius 1 is 1.14 bits per heavy atom.